The highest BCUT2D eigenvalue weighted by Gasteiger charge is 2.29. The Morgan fingerprint density at radius 3 is 2.55 bits per heavy atom. The molecule has 2 rings (SSSR count). The Morgan fingerprint density at radius 1 is 1.13 bits per heavy atom. The van der Waals surface area contributed by atoms with Gasteiger partial charge in [-0.05, 0) is 55.5 Å². The highest BCUT2D eigenvalue weighted by molar-refractivity contribution is 6.31. The van der Waals surface area contributed by atoms with E-state index in [4.69, 9.17) is 16.3 Å². The molecule has 0 aromatic heterocycles. The molecular weight excluding hydrogens is 412 g/mol. The second-order valence-electron chi connectivity index (χ2n) is 7.74. The van der Waals surface area contributed by atoms with Crippen molar-refractivity contribution in [1.82, 2.24) is 10.2 Å². The lowest BCUT2D eigenvalue weighted by molar-refractivity contribution is -0.143. The number of hydrogen-bond donors (Lipinski definition) is 1. The predicted octanol–water partition coefficient (Wildman–Crippen LogP) is 5.06. The molecule has 6 heteroatoms. The smallest absolute Gasteiger partial charge is 0.261 e. The number of benzene rings is 2. The fourth-order valence-corrected chi connectivity index (χ4v) is 3.52. The molecular formula is C25H33ClN2O3. The first kappa shape index (κ1) is 24.7. The van der Waals surface area contributed by atoms with Gasteiger partial charge in [-0.25, -0.2) is 0 Å². The summed E-state index contributed by atoms with van der Waals surface area (Å²) >= 11 is 6.34. The fraction of sp³-hybridized carbons (Fsp3) is 0.440. The van der Waals surface area contributed by atoms with Crippen molar-refractivity contribution in [3.05, 3.63) is 64.2 Å². The molecule has 0 aliphatic carbocycles. The Morgan fingerprint density at radius 2 is 1.87 bits per heavy atom. The normalized spacial score (nSPS) is 11.6. The first-order valence-electron chi connectivity index (χ1n) is 10.9. The van der Waals surface area contributed by atoms with Crippen molar-refractivity contribution in [2.24, 2.45) is 0 Å². The van der Waals surface area contributed by atoms with Crippen LogP contribution in [0.1, 0.15) is 49.8 Å². The molecule has 31 heavy (non-hydrogen) atoms. The van der Waals surface area contributed by atoms with E-state index in [2.05, 4.69) is 12.2 Å². The van der Waals surface area contributed by atoms with Crippen molar-refractivity contribution >= 4 is 23.4 Å². The van der Waals surface area contributed by atoms with Gasteiger partial charge in [0.25, 0.3) is 5.91 Å². The number of amides is 2. The maximum atomic E-state index is 13.2. The van der Waals surface area contributed by atoms with E-state index < -0.39 is 6.04 Å². The van der Waals surface area contributed by atoms with E-state index in [-0.39, 0.29) is 25.0 Å². The van der Waals surface area contributed by atoms with Gasteiger partial charge in [-0.1, -0.05) is 62.2 Å². The van der Waals surface area contributed by atoms with Gasteiger partial charge in [0.05, 0.1) is 0 Å². The van der Waals surface area contributed by atoms with Crippen molar-refractivity contribution in [3.8, 4) is 5.75 Å². The molecule has 2 amide bonds. The summed E-state index contributed by atoms with van der Waals surface area (Å²) in [5.74, 6) is 0.271. The predicted molar refractivity (Wildman–Crippen MR) is 125 cm³/mol. The van der Waals surface area contributed by atoms with Crippen LogP contribution in [0.3, 0.4) is 0 Å². The number of nitrogens with one attached hydrogen (secondary N) is 1. The van der Waals surface area contributed by atoms with Crippen LogP contribution in [0, 0.1) is 13.8 Å². The van der Waals surface area contributed by atoms with Gasteiger partial charge in [-0.2, -0.15) is 0 Å². The van der Waals surface area contributed by atoms with E-state index in [1.165, 1.54) is 0 Å². The zero-order valence-electron chi connectivity index (χ0n) is 18.9. The van der Waals surface area contributed by atoms with Gasteiger partial charge < -0.3 is 15.0 Å². The van der Waals surface area contributed by atoms with Gasteiger partial charge in [0.2, 0.25) is 5.91 Å². The maximum Gasteiger partial charge on any atom is 0.261 e. The van der Waals surface area contributed by atoms with Crippen LogP contribution in [-0.4, -0.2) is 35.9 Å². The second kappa shape index (κ2) is 12.4. The Kier molecular flexibility index (Phi) is 9.86. The van der Waals surface area contributed by atoms with Gasteiger partial charge >= 0.3 is 0 Å². The van der Waals surface area contributed by atoms with E-state index in [1.54, 1.807) is 11.0 Å². The summed E-state index contributed by atoms with van der Waals surface area (Å²) in [6, 6.07) is 12.7. The van der Waals surface area contributed by atoms with Crippen LogP contribution in [0.2, 0.25) is 5.02 Å². The lowest BCUT2D eigenvalue weighted by Crippen LogP contribution is -2.50. The molecule has 1 atom stereocenters. The standard InChI is InChI=1S/C25H33ClN2O3/c1-5-7-14-27-25(30)22(6-2)28(16-20-10-8-9-11-21(20)26)24(29)17-31-23-15-18(3)12-13-19(23)4/h8-13,15,22H,5-7,14,16-17H2,1-4H3,(H,27,30)/t22-/m1/s1. The van der Waals surface area contributed by atoms with Crippen molar-refractivity contribution in [1.29, 1.82) is 0 Å². The fourth-order valence-electron chi connectivity index (χ4n) is 3.32. The van der Waals surface area contributed by atoms with E-state index in [0.29, 0.717) is 23.7 Å². The number of rotatable bonds is 11. The van der Waals surface area contributed by atoms with Crippen LogP contribution in [0.5, 0.6) is 5.75 Å². The van der Waals surface area contributed by atoms with Crippen LogP contribution >= 0.6 is 11.6 Å². The Bertz CT molecular complexity index is 885. The zero-order chi connectivity index (χ0) is 22.8. The number of halogens is 1. The molecule has 1 N–H and O–H groups in total. The van der Waals surface area contributed by atoms with Crippen LogP contribution in [0.15, 0.2) is 42.5 Å². The van der Waals surface area contributed by atoms with E-state index >= 15 is 0 Å². The number of nitrogens with zero attached hydrogens (tertiary/aromatic N) is 1. The molecule has 0 unspecified atom stereocenters. The first-order chi connectivity index (χ1) is 14.9. The molecule has 0 radical (unpaired) electrons. The van der Waals surface area contributed by atoms with Gasteiger partial charge in [-0.15, -0.1) is 0 Å². The third-order valence-electron chi connectivity index (χ3n) is 5.21. The van der Waals surface area contributed by atoms with Gasteiger partial charge in [-0.3, -0.25) is 9.59 Å². The molecule has 0 bridgehead atoms. The SMILES string of the molecule is CCCCNC(=O)[C@@H](CC)N(Cc1ccccc1Cl)C(=O)COc1cc(C)ccc1C. The van der Waals surface area contributed by atoms with Crippen LogP contribution in [0.25, 0.3) is 0 Å². The summed E-state index contributed by atoms with van der Waals surface area (Å²) in [5.41, 5.74) is 2.81. The zero-order valence-corrected chi connectivity index (χ0v) is 19.7. The molecule has 0 saturated carbocycles. The van der Waals surface area contributed by atoms with Crippen molar-refractivity contribution in [3.63, 3.8) is 0 Å². The summed E-state index contributed by atoms with van der Waals surface area (Å²) in [4.78, 5) is 27.7. The van der Waals surface area contributed by atoms with Gasteiger partial charge in [0, 0.05) is 18.1 Å². The second-order valence-corrected chi connectivity index (χ2v) is 8.15. The van der Waals surface area contributed by atoms with E-state index in [1.807, 2.05) is 57.2 Å². The summed E-state index contributed by atoms with van der Waals surface area (Å²) in [5, 5.41) is 3.52. The largest absolute Gasteiger partial charge is 0.483 e. The minimum absolute atomic E-state index is 0.145. The molecule has 0 spiro atoms. The molecule has 0 heterocycles. The topological polar surface area (TPSA) is 58.6 Å². The van der Waals surface area contributed by atoms with Gasteiger partial charge in [0.15, 0.2) is 6.61 Å². The maximum absolute atomic E-state index is 13.2. The number of hydrogen-bond acceptors (Lipinski definition) is 3. The lowest BCUT2D eigenvalue weighted by Gasteiger charge is -2.31. The monoisotopic (exact) mass is 444 g/mol. The highest BCUT2D eigenvalue weighted by Crippen LogP contribution is 2.22. The van der Waals surface area contributed by atoms with Crippen molar-refractivity contribution in [2.75, 3.05) is 13.2 Å². The quantitative estimate of drug-likeness (QED) is 0.493. The number of carbonyl (C=O) groups is 2. The van der Waals surface area contributed by atoms with Crippen LogP contribution < -0.4 is 10.1 Å². The molecule has 5 nitrogen and oxygen atoms in total. The van der Waals surface area contributed by atoms with Crippen molar-refractivity contribution < 1.29 is 14.3 Å². The number of aryl methyl sites for hydroxylation is 2. The molecule has 168 valence electrons. The Balaban J connectivity index is 2.22. The third kappa shape index (κ3) is 7.28. The van der Waals surface area contributed by atoms with E-state index in [9.17, 15) is 9.59 Å². The van der Waals surface area contributed by atoms with Gasteiger partial charge in [0.1, 0.15) is 11.8 Å². The van der Waals surface area contributed by atoms with Crippen LogP contribution in [-0.2, 0) is 16.1 Å². The lowest BCUT2D eigenvalue weighted by atomic mass is 10.1. The minimum atomic E-state index is -0.595. The summed E-state index contributed by atoms with van der Waals surface area (Å²) in [7, 11) is 0. The summed E-state index contributed by atoms with van der Waals surface area (Å²) in [6.07, 6.45) is 2.39. The average molecular weight is 445 g/mol. The molecule has 0 aliphatic heterocycles. The Labute approximate surface area is 190 Å². The average Bonchev–Trinajstić information content (AvgIpc) is 2.75. The number of unbranched alkanes of at least 4 members (excludes halogenated alkanes) is 1. The Hall–Kier alpha value is -2.53. The number of ether oxygens (including phenoxy) is 1. The summed E-state index contributed by atoms with van der Waals surface area (Å²) < 4.78 is 5.85. The van der Waals surface area contributed by atoms with Crippen molar-refractivity contribution in [2.45, 2.75) is 59.5 Å². The number of carbonyl (C=O) groups excluding carboxylic acids is 2. The summed E-state index contributed by atoms with van der Waals surface area (Å²) in [6.45, 7) is 8.59. The molecule has 0 fully saturated rings. The highest BCUT2D eigenvalue weighted by atomic mass is 35.5. The molecule has 0 saturated heterocycles. The minimum Gasteiger partial charge on any atom is -0.483 e. The molecule has 0 aliphatic rings. The molecule has 2 aromatic rings. The first-order valence-corrected chi connectivity index (χ1v) is 11.3. The third-order valence-corrected chi connectivity index (χ3v) is 5.58. The van der Waals surface area contributed by atoms with E-state index in [0.717, 1.165) is 29.5 Å². The van der Waals surface area contributed by atoms with Crippen LogP contribution in [0.4, 0.5) is 0 Å². The molecule has 2 aromatic carbocycles.